The van der Waals surface area contributed by atoms with Crippen molar-refractivity contribution in [2.45, 2.75) is 6.67 Å². The van der Waals surface area contributed by atoms with E-state index in [1.54, 1.807) is 29.2 Å². The van der Waals surface area contributed by atoms with Crippen LogP contribution in [-0.4, -0.2) is 50.8 Å². The number of halogens is 1. The van der Waals surface area contributed by atoms with E-state index >= 15 is 0 Å². The van der Waals surface area contributed by atoms with Crippen LogP contribution in [0.1, 0.15) is 0 Å². The Kier molecular flexibility index (Phi) is 4.72. The van der Waals surface area contributed by atoms with Gasteiger partial charge in [-0.1, -0.05) is 0 Å². The lowest BCUT2D eigenvalue weighted by atomic mass is 10.2. The van der Waals surface area contributed by atoms with Gasteiger partial charge in [-0.2, -0.15) is 0 Å². The molecule has 134 valence electrons. The van der Waals surface area contributed by atoms with Gasteiger partial charge in [0.1, 0.15) is 5.82 Å². The van der Waals surface area contributed by atoms with E-state index < -0.39 is 0 Å². The second-order valence-corrected chi connectivity index (χ2v) is 6.32. The van der Waals surface area contributed by atoms with Gasteiger partial charge in [-0.3, -0.25) is 4.90 Å². The molecule has 0 N–H and O–H groups in total. The molecule has 4 rings (SSSR count). The lowest BCUT2D eigenvalue weighted by Crippen LogP contribution is -2.47. The van der Waals surface area contributed by atoms with E-state index in [2.05, 4.69) is 24.9 Å². The summed E-state index contributed by atoms with van der Waals surface area (Å²) >= 11 is 5.27. The number of aromatic nitrogens is 4. The Hall–Kier alpha value is -2.65. The summed E-state index contributed by atoms with van der Waals surface area (Å²) in [5.41, 5.74) is 0.697. The third kappa shape index (κ3) is 3.63. The summed E-state index contributed by atoms with van der Waals surface area (Å²) in [6, 6.07) is 7.80. The van der Waals surface area contributed by atoms with E-state index in [1.165, 1.54) is 12.1 Å². The van der Waals surface area contributed by atoms with Crippen LogP contribution in [-0.2, 0) is 6.67 Å². The van der Waals surface area contributed by atoms with Crippen molar-refractivity contribution in [3.8, 4) is 11.5 Å². The second-order valence-electron chi connectivity index (χ2n) is 5.97. The normalized spacial score (nSPS) is 15.3. The topological polar surface area (TPSA) is 63.2 Å². The number of benzene rings is 1. The van der Waals surface area contributed by atoms with Crippen molar-refractivity contribution >= 4 is 18.2 Å². The number of nitrogens with zero attached hydrogens (tertiary/aromatic N) is 6. The van der Waals surface area contributed by atoms with E-state index in [1.807, 2.05) is 6.07 Å². The predicted octanol–water partition coefficient (Wildman–Crippen LogP) is 2.58. The average Bonchev–Trinajstić information content (AvgIpc) is 3.04. The molecule has 0 unspecified atom stereocenters. The first-order valence-corrected chi connectivity index (χ1v) is 8.68. The Bertz CT molecular complexity index is 918. The second kappa shape index (κ2) is 7.30. The smallest absolute Gasteiger partial charge is 0.288 e. The summed E-state index contributed by atoms with van der Waals surface area (Å²) in [6.45, 7) is 3.91. The minimum absolute atomic E-state index is 0.299. The van der Waals surface area contributed by atoms with Crippen LogP contribution in [0.4, 0.5) is 10.3 Å². The Morgan fingerprint density at radius 2 is 1.73 bits per heavy atom. The lowest BCUT2D eigenvalue weighted by Gasteiger charge is -2.34. The third-order valence-electron chi connectivity index (χ3n) is 4.24. The largest absolute Gasteiger partial charge is 0.409 e. The summed E-state index contributed by atoms with van der Waals surface area (Å²) in [4.78, 5) is 13.3. The van der Waals surface area contributed by atoms with Crippen molar-refractivity contribution in [2.75, 3.05) is 31.1 Å². The van der Waals surface area contributed by atoms with Gasteiger partial charge >= 0.3 is 0 Å². The van der Waals surface area contributed by atoms with Crippen LogP contribution in [0.15, 0.2) is 47.1 Å². The van der Waals surface area contributed by atoms with Crippen molar-refractivity contribution in [1.29, 1.82) is 0 Å². The van der Waals surface area contributed by atoms with Crippen LogP contribution < -0.4 is 4.90 Å². The molecule has 0 saturated carbocycles. The van der Waals surface area contributed by atoms with Crippen LogP contribution in [0.3, 0.4) is 0 Å². The van der Waals surface area contributed by atoms with Gasteiger partial charge in [0, 0.05) is 44.1 Å². The number of hydrogen-bond donors (Lipinski definition) is 0. The summed E-state index contributed by atoms with van der Waals surface area (Å²) < 4.78 is 20.3. The summed E-state index contributed by atoms with van der Waals surface area (Å²) in [5.74, 6) is 0.849. The zero-order valence-electron chi connectivity index (χ0n) is 14.0. The van der Waals surface area contributed by atoms with Crippen LogP contribution in [0.2, 0.25) is 0 Å². The minimum atomic E-state index is -0.299. The van der Waals surface area contributed by atoms with Crippen molar-refractivity contribution in [3.63, 3.8) is 0 Å². The van der Waals surface area contributed by atoms with Gasteiger partial charge in [-0.15, -0.1) is 5.10 Å². The molecule has 1 fully saturated rings. The Morgan fingerprint density at radius 1 is 1.04 bits per heavy atom. The molecule has 1 aliphatic rings. The van der Waals surface area contributed by atoms with Crippen LogP contribution in [0.5, 0.6) is 0 Å². The highest BCUT2D eigenvalue weighted by Gasteiger charge is 2.20. The molecular formula is C17H17FN6OS. The van der Waals surface area contributed by atoms with Crippen molar-refractivity contribution in [3.05, 3.63) is 53.4 Å². The Balaban J connectivity index is 1.41. The molecule has 7 nitrogen and oxygen atoms in total. The first-order chi connectivity index (χ1) is 12.7. The zero-order valence-corrected chi connectivity index (χ0v) is 14.8. The van der Waals surface area contributed by atoms with Crippen LogP contribution in [0.25, 0.3) is 11.5 Å². The summed E-state index contributed by atoms with van der Waals surface area (Å²) in [7, 11) is 0. The van der Waals surface area contributed by atoms with Crippen LogP contribution in [0, 0.1) is 10.7 Å². The minimum Gasteiger partial charge on any atom is -0.409 e. The van der Waals surface area contributed by atoms with E-state index in [9.17, 15) is 4.39 Å². The van der Waals surface area contributed by atoms with Gasteiger partial charge in [0.05, 0.1) is 6.67 Å². The molecule has 2 aromatic heterocycles. The molecule has 1 aliphatic heterocycles. The number of hydrogen-bond acceptors (Lipinski definition) is 7. The molecule has 0 atom stereocenters. The highest BCUT2D eigenvalue weighted by molar-refractivity contribution is 7.71. The molecule has 0 aliphatic carbocycles. The Labute approximate surface area is 154 Å². The molecule has 0 bridgehead atoms. The van der Waals surface area contributed by atoms with Gasteiger partial charge in [0.15, 0.2) is 0 Å². The average molecular weight is 372 g/mol. The number of rotatable bonds is 4. The number of anilines is 1. The van der Waals surface area contributed by atoms with Gasteiger partial charge in [0.25, 0.3) is 4.84 Å². The maximum atomic E-state index is 13.1. The van der Waals surface area contributed by atoms with E-state index in [0.29, 0.717) is 23.0 Å². The first-order valence-electron chi connectivity index (χ1n) is 8.27. The van der Waals surface area contributed by atoms with Crippen LogP contribution >= 0.6 is 12.2 Å². The van der Waals surface area contributed by atoms with Crippen molar-refractivity contribution < 1.29 is 8.81 Å². The molecule has 0 radical (unpaired) electrons. The predicted molar refractivity (Wildman–Crippen MR) is 96.5 cm³/mol. The van der Waals surface area contributed by atoms with E-state index in [0.717, 1.165) is 32.1 Å². The fraction of sp³-hybridized carbons (Fsp3) is 0.294. The lowest BCUT2D eigenvalue weighted by molar-refractivity contribution is 0.191. The highest BCUT2D eigenvalue weighted by Crippen LogP contribution is 2.18. The molecular weight excluding hydrogens is 355 g/mol. The molecule has 1 aromatic carbocycles. The molecule has 1 saturated heterocycles. The van der Waals surface area contributed by atoms with Gasteiger partial charge in [-0.25, -0.2) is 19.0 Å². The molecule has 3 aromatic rings. The van der Waals surface area contributed by atoms with Crippen molar-refractivity contribution in [1.82, 2.24) is 24.6 Å². The summed E-state index contributed by atoms with van der Waals surface area (Å²) in [5, 5.41) is 4.42. The van der Waals surface area contributed by atoms with E-state index in [4.69, 9.17) is 16.6 Å². The first kappa shape index (κ1) is 16.8. The molecule has 0 amide bonds. The molecule has 9 heteroatoms. The van der Waals surface area contributed by atoms with Gasteiger partial charge in [-0.05, 0) is 42.5 Å². The fourth-order valence-electron chi connectivity index (χ4n) is 2.84. The molecule has 26 heavy (non-hydrogen) atoms. The highest BCUT2D eigenvalue weighted by atomic mass is 32.1. The van der Waals surface area contributed by atoms with Gasteiger partial charge in [0.2, 0.25) is 11.8 Å². The van der Waals surface area contributed by atoms with Crippen molar-refractivity contribution in [2.24, 2.45) is 0 Å². The zero-order chi connectivity index (χ0) is 17.9. The Morgan fingerprint density at radius 3 is 2.42 bits per heavy atom. The number of piperazine rings is 1. The quantitative estimate of drug-likeness (QED) is 0.652. The maximum absolute atomic E-state index is 13.1. The molecule has 3 heterocycles. The maximum Gasteiger partial charge on any atom is 0.288 e. The monoisotopic (exact) mass is 372 g/mol. The summed E-state index contributed by atoms with van der Waals surface area (Å²) in [6.07, 6.45) is 3.50. The standard InChI is InChI=1S/C17H17FN6OS/c18-14-4-2-13(3-5-14)15-21-24(17(26)25-15)12-22-8-10-23(11-9-22)16-19-6-1-7-20-16/h1-7H,8-12H2. The molecule has 0 spiro atoms. The third-order valence-corrected chi connectivity index (χ3v) is 4.53. The van der Waals surface area contributed by atoms with Gasteiger partial charge < -0.3 is 9.32 Å². The van der Waals surface area contributed by atoms with E-state index in [-0.39, 0.29) is 5.82 Å². The fourth-order valence-corrected chi connectivity index (χ4v) is 3.02. The SMILES string of the molecule is Fc1ccc(-c2nn(CN3CCN(c4ncccn4)CC3)c(=S)o2)cc1.